The average molecular weight is 379 g/mol. The molecule has 2 aromatic rings. The predicted octanol–water partition coefficient (Wildman–Crippen LogP) is 3.17. The van der Waals surface area contributed by atoms with Crippen LogP contribution in [-0.4, -0.2) is 23.5 Å². The van der Waals surface area contributed by atoms with E-state index in [0.29, 0.717) is 24.6 Å². The van der Waals surface area contributed by atoms with Gasteiger partial charge in [0.1, 0.15) is 6.54 Å². The zero-order valence-corrected chi connectivity index (χ0v) is 16.1. The molecule has 28 heavy (non-hydrogen) atoms. The number of urea groups is 1. The maximum atomic E-state index is 12.4. The number of anilines is 1. The molecule has 1 aromatic heterocycles. The molecule has 0 radical (unpaired) electrons. The Morgan fingerprint density at radius 3 is 2.50 bits per heavy atom. The predicted molar refractivity (Wildman–Crippen MR) is 107 cm³/mol. The zero-order chi connectivity index (χ0) is 20.4. The highest BCUT2D eigenvalue weighted by atomic mass is 16.2. The van der Waals surface area contributed by atoms with Gasteiger partial charge in [0, 0.05) is 24.6 Å². The van der Waals surface area contributed by atoms with Gasteiger partial charge in [0.05, 0.1) is 12.0 Å². The van der Waals surface area contributed by atoms with Crippen LogP contribution in [-0.2, 0) is 11.3 Å². The van der Waals surface area contributed by atoms with Crippen LogP contribution in [0.2, 0.25) is 0 Å². The SMILES string of the molecule is CC(C)CC(C(=O)NCC#N)c1ccc(NC(=O)NCc2cccnc2)cc1. The minimum Gasteiger partial charge on any atom is -0.342 e. The second kappa shape index (κ2) is 10.7. The molecule has 1 heterocycles. The monoisotopic (exact) mass is 379 g/mol. The summed E-state index contributed by atoms with van der Waals surface area (Å²) >= 11 is 0. The second-order valence-electron chi connectivity index (χ2n) is 6.85. The lowest BCUT2D eigenvalue weighted by Crippen LogP contribution is -2.30. The van der Waals surface area contributed by atoms with E-state index < -0.39 is 0 Å². The van der Waals surface area contributed by atoms with Crippen molar-refractivity contribution in [3.63, 3.8) is 0 Å². The van der Waals surface area contributed by atoms with Crippen molar-refractivity contribution in [1.29, 1.82) is 5.26 Å². The lowest BCUT2D eigenvalue weighted by atomic mass is 9.89. The molecule has 1 atom stereocenters. The van der Waals surface area contributed by atoms with Crippen molar-refractivity contribution in [1.82, 2.24) is 15.6 Å². The van der Waals surface area contributed by atoms with Gasteiger partial charge < -0.3 is 16.0 Å². The Morgan fingerprint density at radius 2 is 1.89 bits per heavy atom. The Hall–Kier alpha value is -3.40. The molecule has 2 rings (SSSR count). The van der Waals surface area contributed by atoms with Gasteiger partial charge in [0.2, 0.25) is 5.91 Å². The normalized spacial score (nSPS) is 11.4. The molecule has 7 nitrogen and oxygen atoms in total. The van der Waals surface area contributed by atoms with Crippen LogP contribution in [0.1, 0.15) is 37.3 Å². The van der Waals surface area contributed by atoms with Crippen molar-refractivity contribution in [2.75, 3.05) is 11.9 Å². The van der Waals surface area contributed by atoms with Crippen LogP contribution in [0.4, 0.5) is 10.5 Å². The molecule has 0 saturated heterocycles. The highest BCUT2D eigenvalue weighted by Gasteiger charge is 2.21. The zero-order valence-electron chi connectivity index (χ0n) is 16.1. The first kappa shape index (κ1) is 20.9. The minimum absolute atomic E-state index is 0.00975. The van der Waals surface area contributed by atoms with E-state index in [9.17, 15) is 9.59 Å². The molecule has 3 amide bonds. The molecular weight excluding hydrogens is 354 g/mol. The van der Waals surface area contributed by atoms with Gasteiger partial charge in [-0.3, -0.25) is 9.78 Å². The van der Waals surface area contributed by atoms with Crippen molar-refractivity contribution in [3.05, 3.63) is 59.9 Å². The highest BCUT2D eigenvalue weighted by Crippen LogP contribution is 2.25. The first-order valence-corrected chi connectivity index (χ1v) is 9.18. The second-order valence-corrected chi connectivity index (χ2v) is 6.85. The molecule has 146 valence electrons. The number of nitrogens with one attached hydrogen (secondary N) is 3. The lowest BCUT2D eigenvalue weighted by molar-refractivity contribution is -0.122. The molecule has 0 bridgehead atoms. The first-order valence-electron chi connectivity index (χ1n) is 9.18. The summed E-state index contributed by atoms with van der Waals surface area (Å²) in [6.07, 6.45) is 4.05. The van der Waals surface area contributed by atoms with E-state index in [1.165, 1.54) is 0 Å². The fourth-order valence-corrected chi connectivity index (χ4v) is 2.77. The molecule has 0 aliphatic rings. The smallest absolute Gasteiger partial charge is 0.319 e. The fraction of sp³-hybridized carbons (Fsp3) is 0.333. The maximum absolute atomic E-state index is 12.4. The summed E-state index contributed by atoms with van der Waals surface area (Å²) in [4.78, 5) is 28.4. The molecule has 1 unspecified atom stereocenters. The van der Waals surface area contributed by atoms with Crippen molar-refractivity contribution in [2.45, 2.75) is 32.7 Å². The van der Waals surface area contributed by atoms with Gasteiger partial charge in [-0.1, -0.05) is 32.0 Å². The quantitative estimate of drug-likeness (QED) is 0.612. The Labute approximate surface area is 165 Å². The van der Waals surface area contributed by atoms with Crippen LogP contribution < -0.4 is 16.0 Å². The van der Waals surface area contributed by atoms with Crippen molar-refractivity contribution in [2.24, 2.45) is 5.92 Å². The topological polar surface area (TPSA) is 107 Å². The van der Waals surface area contributed by atoms with Gasteiger partial charge in [-0.25, -0.2) is 4.79 Å². The Bertz CT molecular complexity index is 813. The molecule has 0 saturated carbocycles. The third-order valence-corrected chi connectivity index (χ3v) is 4.11. The van der Waals surface area contributed by atoms with E-state index in [1.807, 2.05) is 44.2 Å². The molecule has 7 heteroatoms. The summed E-state index contributed by atoms with van der Waals surface area (Å²) in [6.45, 7) is 4.47. The number of amides is 3. The number of rotatable bonds is 8. The number of nitriles is 1. The minimum atomic E-state index is -0.332. The number of carbonyl (C=O) groups is 2. The van der Waals surface area contributed by atoms with E-state index in [4.69, 9.17) is 5.26 Å². The van der Waals surface area contributed by atoms with E-state index in [1.54, 1.807) is 24.5 Å². The van der Waals surface area contributed by atoms with Gasteiger partial charge in [0.25, 0.3) is 0 Å². The van der Waals surface area contributed by atoms with Crippen molar-refractivity contribution in [3.8, 4) is 6.07 Å². The third kappa shape index (κ3) is 6.72. The number of hydrogen-bond acceptors (Lipinski definition) is 4. The summed E-state index contributed by atoms with van der Waals surface area (Å²) in [5, 5.41) is 16.8. The van der Waals surface area contributed by atoms with Crippen molar-refractivity contribution < 1.29 is 9.59 Å². The molecule has 0 aliphatic carbocycles. The average Bonchev–Trinajstić information content (AvgIpc) is 2.70. The van der Waals surface area contributed by atoms with E-state index in [0.717, 1.165) is 11.1 Å². The molecule has 0 spiro atoms. The van der Waals surface area contributed by atoms with Gasteiger partial charge in [0.15, 0.2) is 0 Å². The maximum Gasteiger partial charge on any atom is 0.319 e. The summed E-state index contributed by atoms with van der Waals surface area (Å²) < 4.78 is 0. The fourth-order valence-electron chi connectivity index (χ4n) is 2.77. The van der Waals surface area contributed by atoms with Gasteiger partial charge >= 0.3 is 6.03 Å². The number of hydrogen-bond donors (Lipinski definition) is 3. The van der Waals surface area contributed by atoms with Crippen LogP contribution in [0.25, 0.3) is 0 Å². The molecule has 0 aliphatic heterocycles. The van der Waals surface area contributed by atoms with Gasteiger partial charge in [-0.15, -0.1) is 0 Å². The van der Waals surface area contributed by atoms with Crippen molar-refractivity contribution >= 4 is 17.6 Å². The first-order chi connectivity index (χ1) is 13.5. The number of benzene rings is 1. The standard InChI is InChI=1S/C21H25N5O2/c1-15(2)12-19(20(27)24-11-9-22)17-5-7-18(8-6-17)26-21(28)25-14-16-4-3-10-23-13-16/h3-8,10,13,15,19H,11-12,14H2,1-2H3,(H,24,27)(H2,25,26,28). The largest absolute Gasteiger partial charge is 0.342 e. The van der Waals surface area contributed by atoms with Gasteiger partial charge in [-0.2, -0.15) is 5.26 Å². The summed E-state index contributed by atoms with van der Waals surface area (Å²) in [7, 11) is 0. The highest BCUT2D eigenvalue weighted by molar-refractivity contribution is 5.89. The number of aromatic nitrogens is 1. The molecule has 3 N–H and O–H groups in total. The van der Waals surface area contributed by atoms with Crippen LogP contribution in [0.15, 0.2) is 48.8 Å². The van der Waals surface area contributed by atoms with Crippen LogP contribution in [0.5, 0.6) is 0 Å². The lowest BCUT2D eigenvalue weighted by Gasteiger charge is -2.19. The summed E-state index contributed by atoms with van der Waals surface area (Å²) in [5.41, 5.74) is 2.39. The Balaban J connectivity index is 1.96. The van der Waals surface area contributed by atoms with Crippen LogP contribution in [0.3, 0.4) is 0 Å². The molecular formula is C21H25N5O2. The molecule has 1 aromatic carbocycles. The third-order valence-electron chi connectivity index (χ3n) is 4.11. The molecule has 0 fully saturated rings. The van der Waals surface area contributed by atoms with Gasteiger partial charge in [-0.05, 0) is 41.7 Å². The number of pyridine rings is 1. The summed E-state index contributed by atoms with van der Waals surface area (Å²) in [5.74, 6) is -0.166. The van der Waals surface area contributed by atoms with E-state index >= 15 is 0 Å². The van der Waals surface area contributed by atoms with Crippen LogP contribution >= 0.6 is 0 Å². The Morgan fingerprint density at radius 1 is 1.14 bits per heavy atom. The summed E-state index contributed by atoms with van der Waals surface area (Å²) in [6, 6.07) is 12.5. The van der Waals surface area contributed by atoms with E-state index in [2.05, 4.69) is 20.9 Å². The van der Waals surface area contributed by atoms with E-state index in [-0.39, 0.29) is 24.4 Å². The van der Waals surface area contributed by atoms with Crippen LogP contribution in [0, 0.1) is 17.2 Å². The Kier molecular flexibility index (Phi) is 7.97. The number of nitrogens with zero attached hydrogens (tertiary/aromatic N) is 2. The number of carbonyl (C=O) groups excluding carboxylic acids is 2.